The van der Waals surface area contributed by atoms with Crippen LogP contribution in [-0.2, 0) is 10.9 Å². The fourth-order valence-electron chi connectivity index (χ4n) is 2.32. The summed E-state index contributed by atoms with van der Waals surface area (Å²) in [5, 5.41) is 4.16. The van der Waals surface area contributed by atoms with E-state index in [1.165, 1.54) is 25.5 Å². The molecule has 0 aromatic carbocycles. The predicted molar refractivity (Wildman–Crippen MR) is 77.6 cm³/mol. The van der Waals surface area contributed by atoms with Gasteiger partial charge in [0, 0.05) is 11.6 Å². The van der Waals surface area contributed by atoms with Crippen LogP contribution < -0.4 is 0 Å². The Balaban J connectivity index is 2.26. The molecule has 3 rings (SSSR count). The van der Waals surface area contributed by atoms with Gasteiger partial charge in [-0.1, -0.05) is 0 Å². The van der Waals surface area contributed by atoms with Gasteiger partial charge in [0.05, 0.1) is 36.4 Å². The molecule has 3 heterocycles. The highest BCUT2D eigenvalue weighted by Gasteiger charge is 2.41. The smallest absolute Gasteiger partial charge is 0.434 e. The van der Waals surface area contributed by atoms with Crippen molar-refractivity contribution in [3.8, 4) is 5.69 Å². The number of halogens is 3. The molecule has 0 atom stereocenters. The van der Waals surface area contributed by atoms with Crippen LogP contribution in [0.5, 0.6) is 0 Å². The predicted octanol–water partition coefficient (Wildman–Crippen LogP) is 3.01. The van der Waals surface area contributed by atoms with Crippen LogP contribution in [-0.4, -0.2) is 32.3 Å². The highest BCUT2D eigenvalue weighted by Crippen LogP contribution is 2.35. The molecule has 0 unspecified atom stereocenters. The summed E-state index contributed by atoms with van der Waals surface area (Å²) in [5.74, 6) is -1.08. The minimum Gasteiger partial charge on any atom is -0.462 e. The summed E-state index contributed by atoms with van der Waals surface area (Å²) >= 11 is 0. The van der Waals surface area contributed by atoms with Gasteiger partial charge in [0.15, 0.2) is 5.69 Å². The largest absolute Gasteiger partial charge is 0.462 e. The lowest BCUT2D eigenvalue weighted by Crippen LogP contribution is -2.18. The van der Waals surface area contributed by atoms with E-state index in [9.17, 15) is 18.0 Å². The highest BCUT2D eigenvalue weighted by atomic mass is 19.4. The standard InChI is InChI=1S/C15H11F3N4O2/c1-2-24-14(23)10-6-21-22(13(10)15(16,17)18)12-8-19-7-11-9(12)4-3-5-20-11/h3-8H,2H2,1H3. The molecule has 0 N–H and O–H groups in total. The van der Waals surface area contributed by atoms with Crippen molar-refractivity contribution in [1.82, 2.24) is 19.7 Å². The second-order valence-corrected chi connectivity index (χ2v) is 4.77. The van der Waals surface area contributed by atoms with Gasteiger partial charge in [-0.25, -0.2) is 9.48 Å². The van der Waals surface area contributed by atoms with Crippen molar-refractivity contribution in [1.29, 1.82) is 0 Å². The lowest BCUT2D eigenvalue weighted by Gasteiger charge is -2.13. The van der Waals surface area contributed by atoms with E-state index in [-0.39, 0.29) is 12.3 Å². The van der Waals surface area contributed by atoms with E-state index in [1.807, 2.05) is 0 Å². The van der Waals surface area contributed by atoms with Crippen LogP contribution in [0.2, 0.25) is 0 Å². The summed E-state index contributed by atoms with van der Waals surface area (Å²) in [5.41, 5.74) is -1.37. The molecule has 0 bridgehead atoms. The van der Waals surface area contributed by atoms with Gasteiger partial charge in [-0.2, -0.15) is 18.3 Å². The molecular formula is C15H11F3N4O2. The third-order valence-electron chi connectivity index (χ3n) is 3.27. The Morgan fingerprint density at radius 1 is 1.29 bits per heavy atom. The molecule has 0 saturated carbocycles. The third kappa shape index (κ3) is 2.68. The Morgan fingerprint density at radius 3 is 2.79 bits per heavy atom. The molecule has 0 saturated heterocycles. The number of fused-ring (bicyclic) bond motifs is 1. The fraction of sp³-hybridized carbons (Fsp3) is 0.200. The fourth-order valence-corrected chi connectivity index (χ4v) is 2.32. The van der Waals surface area contributed by atoms with Gasteiger partial charge in [0.25, 0.3) is 0 Å². The zero-order chi connectivity index (χ0) is 17.3. The minimum absolute atomic E-state index is 0.0406. The van der Waals surface area contributed by atoms with Crippen molar-refractivity contribution in [2.45, 2.75) is 13.1 Å². The average molecular weight is 336 g/mol. The molecule has 24 heavy (non-hydrogen) atoms. The maximum Gasteiger partial charge on any atom is 0.434 e. The van der Waals surface area contributed by atoms with Crippen LogP contribution in [0.1, 0.15) is 23.0 Å². The molecule has 6 nitrogen and oxygen atoms in total. The maximum absolute atomic E-state index is 13.5. The summed E-state index contributed by atoms with van der Waals surface area (Å²) in [6.07, 6.45) is 0.216. The van der Waals surface area contributed by atoms with Gasteiger partial charge in [-0.3, -0.25) is 9.97 Å². The number of carbonyl (C=O) groups is 1. The van der Waals surface area contributed by atoms with Crippen molar-refractivity contribution in [2.75, 3.05) is 6.61 Å². The molecule has 0 aliphatic rings. The molecule has 3 aromatic rings. The van der Waals surface area contributed by atoms with Gasteiger partial charge in [0.2, 0.25) is 0 Å². The Labute approximate surface area is 133 Å². The summed E-state index contributed by atoms with van der Waals surface area (Å²) in [7, 11) is 0. The molecule has 3 aromatic heterocycles. The zero-order valence-electron chi connectivity index (χ0n) is 12.4. The number of nitrogens with zero attached hydrogens (tertiary/aromatic N) is 4. The summed E-state index contributed by atoms with van der Waals surface area (Å²) in [6.45, 7) is 1.47. The monoisotopic (exact) mass is 336 g/mol. The van der Waals surface area contributed by atoms with Crippen LogP contribution in [0.25, 0.3) is 16.6 Å². The van der Waals surface area contributed by atoms with Gasteiger partial charge in [0.1, 0.15) is 5.56 Å². The number of pyridine rings is 2. The second kappa shape index (κ2) is 5.91. The van der Waals surface area contributed by atoms with Crippen molar-refractivity contribution in [3.05, 3.63) is 48.2 Å². The van der Waals surface area contributed by atoms with Gasteiger partial charge in [-0.05, 0) is 19.1 Å². The van der Waals surface area contributed by atoms with E-state index < -0.39 is 23.4 Å². The molecule has 124 valence electrons. The van der Waals surface area contributed by atoms with Gasteiger partial charge < -0.3 is 4.74 Å². The molecule has 0 aliphatic heterocycles. The molecule has 0 fully saturated rings. The van der Waals surface area contributed by atoms with Crippen LogP contribution in [0.4, 0.5) is 13.2 Å². The second-order valence-electron chi connectivity index (χ2n) is 4.77. The normalized spacial score (nSPS) is 11.7. The Bertz CT molecular complexity index is 900. The van der Waals surface area contributed by atoms with E-state index >= 15 is 0 Å². The Hall–Kier alpha value is -2.97. The van der Waals surface area contributed by atoms with Gasteiger partial charge in [-0.15, -0.1) is 0 Å². The third-order valence-corrected chi connectivity index (χ3v) is 3.27. The molecular weight excluding hydrogens is 325 g/mol. The van der Waals surface area contributed by atoms with Crippen molar-refractivity contribution < 1.29 is 22.7 Å². The molecule has 0 spiro atoms. The number of hydrogen-bond acceptors (Lipinski definition) is 5. The number of aromatic nitrogens is 4. The van der Waals surface area contributed by atoms with E-state index in [4.69, 9.17) is 0 Å². The Morgan fingerprint density at radius 2 is 2.08 bits per heavy atom. The molecule has 9 heteroatoms. The van der Waals surface area contributed by atoms with E-state index in [0.717, 1.165) is 6.20 Å². The van der Waals surface area contributed by atoms with Gasteiger partial charge >= 0.3 is 12.1 Å². The van der Waals surface area contributed by atoms with Crippen LogP contribution in [0, 0.1) is 0 Å². The van der Waals surface area contributed by atoms with Crippen molar-refractivity contribution in [3.63, 3.8) is 0 Å². The topological polar surface area (TPSA) is 69.9 Å². The zero-order valence-corrected chi connectivity index (χ0v) is 12.4. The molecule has 0 amide bonds. The first-order valence-corrected chi connectivity index (χ1v) is 6.95. The van der Waals surface area contributed by atoms with Crippen LogP contribution in [0.15, 0.2) is 36.9 Å². The number of esters is 1. The van der Waals surface area contributed by atoms with E-state index in [0.29, 0.717) is 15.6 Å². The van der Waals surface area contributed by atoms with Crippen LogP contribution >= 0.6 is 0 Å². The minimum atomic E-state index is -4.80. The summed E-state index contributed by atoms with van der Waals surface area (Å²) in [4.78, 5) is 19.8. The maximum atomic E-state index is 13.5. The number of carbonyl (C=O) groups excluding carboxylic acids is 1. The Kier molecular flexibility index (Phi) is 3.92. The number of ether oxygens (including phenoxy) is 1. The number of alkyl halides is 3. The first-order valence-electron chi connectivity index (χ1n) is 6.95. The molecule has 0 aliphatic carbocycles. The van der Waals surface area contributed by atoms with Crippen molar-refractivity contribution in [2.24, 2.45) is 0 Å². The first kappa shape index (κ1) is 15.9. The van der Waals surface area contributed by atoms with Crippen molar-refractivity contribution >= 4 is 16.9 Å². The highest BCUT2D eigenvalue weighted by molar-refractivity contribution is 5.91. The quantitative estimate of drug-likeness (QED) is 0.688. The van der Waals surface area contributed by atoms with E-state index in [1.54, 1.807) is 12.1 Å². The van der Waals surface area contributed by atoms with E-state index in [2.05, 4.69) is 19.8 Å². The number of rotatable bonds is 3. The molecule has 0 radical (unpaired) electrons. The summed E-state index contributed by atoms with van der Waals surface area (Å²) < 4.78 is 45.9. The number of hydrogen-bond donors (Lipinski definition) is 0. The lowest BCUT2D eigenvalue weighted by molar-refractivity contribution is -0.143. The average Bonchev–Trinajstić information content (AvgIpc) is 3.00. The first-order chi connectivity index (χ1) is 11.4. The lowest BCUT2D eigenvalue weighted by atomic mass is 10.2. The SMILES string of the molecule is CCOC(=O)c1cnn(-c2cncc3ncccc23)c1C(F)(F)F. The van der Waals surface area contributed by atoms with Crippen LogP contribution in [0.3, 0.4) is 0 Å². The summed E-state index contributed by atoms with van der Waals surface area (Å²) in [6, 6.07) is 3.19.